The van der Waals surface area contributed by atoms with Gasteiger partial charge in [-0.3, -0.25) is 0 Å². The van der Waals surface area contributed by atoms with Crippen LogP contribution in [0.15, 0.2) is 48.6 Å². The Morgan fingerprint density at radius 1 is 1.26 bits per heavy atom. The zero-order valence-corrected chi connectivity index (χ0v) is 17.7. The molecule has 3 N–H and O–H groups in total. The van der Waals surface area contributed by atoms with Gasteiger partial charge in [0.2, 0.25) is 0 Å². The maximum Gasteiger partial charge on any atom is 0.263 e. The van der Waals surface area contributed by atoms with Gasteiger partial charge in [0.1, 0.15) is 24.2 Å². The summed E-state index contributed by atoms with van der Waals surface area (Å²) < 4.78 is 30.9. The van der Waals surface area contributed by atoms with Gasteiger partial charge >= 0.3 is 0 Å². The van der Waals surface area contributed by atoms with E-state index in [1.54, 1.807) is 13.0 Å². The number of alkyl halides is 2. The van der Waals surface area contributed by atoms with Crippen molar-refractivity contribution in [3.8, 4) is 5.75 Å². The van der Waals surface area contributed by atoms with Crippen LogP contribution in [0.1, 0.15) is 51.0 Å². The molecule has 1 aromatic rings. The Morgan fingerprint density at radius 2 is 2.03 bits per heavy atom. The Balaban J connectivity index is 1.85. The third-order valence-corrected chi connectivity index (χ3v) is 5.48. The molecule has 0 aromatic heterocycles. The van der Waals surface area contributed by atoms with Crippen molar-refractivity contribution in [3.05, 3.63) is 54.1 Å². The molecule has 0 unspecified atom stereocenters. The Labute approximate surface area is 182 Å². The number of hydrogen-bond donors (Lipinski definition) is 3. The van der Waals surface area contributed by atoms with E-state index in [1.807, 2.05) is 12.2 Å². The average molecular weight is 439 g/mol. The molecule has 0 amide bonds. The summed E-state index contributed by atoms with van der Waals surface area (Å²) in [5.41, 5.74) is -0.150. The SMILES string of the molecule is CC(=O)CCC/C=C\C[C@@H]1[C@@H](/C=C/[C@@H](O)COc2cccc(C(F)F)c2)[C@H](O)C[C@@H]1O. The van der Waals surface area contributed by atoms with E-state index in [2.05, 4.69) is 0 Å². The summed E-state index contributed by atoms with van der Waals surface area (Å²) in [7, 11) is 0. The lowest BCUT2D eigenvalue weighted by Crippen LogP contribution is -2.21. The second-order valence-corrected chi connectivity index (χ2v) is 8.05. The first kappa shape index (κ1) is 25.2. The first-order valence-corrected chi connectivity index (χ1v) is 10.7. The van der Waals surface area contributed by atoms with Crippen LogP contribution in [0.25, 0.3) is 0 Å². The van der Waals surface area contributed by atoms with Crippen molar-refractivity contribution in [2.45, 2.75) is 63.8 Å². The van der Waals surface area contributed by atoms with Crippen LogP contribution in [0.2, 0.25) is 0 Å². The molecule has 31 heavy (non-hydrogen) atoms. The van der Waals surface area contributed by atoms with Gasteiger partial charge in [0.05, 0.1) is 12.2 Å². The second kappa shape index (κ2) is 12.7. The number of ether oxygens (including phenoxy) is 1. The number of allylic oxidation sites excluding steroid dienone is 2. The molecule has 172 valence electrons. The van der Waals surface area contributed by atoms with Crippen LogP contribution in [0.5, 0.6) is 5.75 Å². The van der Waals surface area contributed by atoms with E-state index >= 15 is 0 Å². The maximum atomic E-state index is 12.7. The third kappa shape index (κ3) is 8.51. The predicted octanol–water partition coefficient (Wildman–Crippen LogP) is 3.98. The van der Waals surface area contributed by atoms with Crippen LogP contribution in [-0.2, 0) is 4.79 Å². The number of halogens is 2. The standard InChI is InChI=1S/C24H32F2O5/c1-16(27)7-4-2-3-5-10-20-21(23(30)14-22(20)29)12-11-18(28)15-31-19-9-6-8-17(13-19)24(25)26/h3,5-6,8-9,11-13,18,20-24,28-30H,2,4,7,10,14-15H2,1H3/b5-3-,12-11+/t18-,20-,21-,22+,23-/m1/s1. The molecule has 1 aromatic carbocycles. The van der Waals surface area contributed by atoms with E-state index in [9.17, 15) is 28.9 Å². The van der Waals surface area contributed by atoms with Crippen LogP contribution < -0.4 is 4.74 Å². The lowest BCUT2D eigenvalue weighted by atomic mass is 9.89. The molecule has 0 radical (unpaired) electrons. The van der Waals surface area contributed by atoms with Crippen LogP contribution in [0, 0.1) is 11.8 Å². The van der Waals surface area contributed by atoms with E-state index < -0.39 is 24.7 Å². The quantitative estimate of drug-likeness (QED) is 0.339. The van der Waals surface area contributed by atoms with E-state index in [0.717, 1.165) is 12.8 Å². The van der Waals surface area contributed by atoms with Crippen molar-refractivity contribution in [1.82, 2.24) is 0 Å². The predicted molar refractivity (Wildman–Crippen MR) is 114 cm³/mol. The summed E-state index contributed by atoms with van der Waals surface area (Å²) in [6.07, 6.45) is 5.19. The van der Waals surface area contributed by atoms with Gasteiger partial charge in [0, 0.05) is 24.3 Å². The Bertz CT molecular complexity index is 749. The fourth-order valence-electron chi connectivity index (χ4n) is 3.78. The fraction of sp³-hybridized carbons (Fsp3) is 0.542. The minimum Gasteiger partial charge on any atom is -0.491 e. The van der Waals surface area contributed by atoms with Gasteiger partial charge in [-0.2, -0.15) is 0 Å². The average Bonchev–Trinajstić information content (AvgIpc) is 2.99. The highest BCUT2D eigenvalue weighted by atomic mass is 19.3. The van der Waals surface area contributed by atoms with Gasteiger partial charge in [0.25, 0.3) is 6.43 Å². The van der Waals surface area contributed by atoms with Gasteiger partial charge in [-0.1, -0.05) is 36.4 Å². The minimum atomic E-state index is -2.59. The van der Waals surface area contributed by atoms with Crippen LogP contribution >= 0.6 is 0 Å². The van der Waals surface area contributed by atoms with Crippen molar-refractivity contribution in [3.63, 3.8) is 0 Å². The molecule has 5 nitrogen and oxygen atoms in total. The van der Waals surface area contributed by atoms with Crippen LogP contribution in [0.4, 0.5) is 8.78 Å². The van der Waals surface area contributed by atoms with Gasteiger partial charge in [-0.05, 0) is 44.2 Å². The van der Waals surface area contributed by atoms with Crippen molar-refractivity contribution in [2.24, 2.45) is 11.8 Å². The van der Waals surface area contributed by atoms with Crippen molar-refractivity contribution in [2.75, 3.05) is 6.61 Å². The topological polar surface area (TPSA) is 87.0 Å². The Hall–Kier alpha value is -2.09. The summed E-state index contributed by atoms with van der Waals surface area (Å²) in [5, 5.41) is 30.7. The van der Waals surface area contributed by atoms with Crippen molar-refractivity contribution < 1.29 is 33.6 Å². The molecule has 5 atom stereocenters. The molecule has 1 aliphatic carbocycles. The number of ketones is 1. The zero-order valence-electron chi connectivity index (χ0n) is 17.7. The van der Waals surface area contributed by atoms with Crippen molar-refractivity contribution in [1.29, 1.82) is 0 Å². The molecule has 0 saturated heterocycles. The Morgan fingerprint density at radius 3 is 2.74 bits per heavy atom. The van der Waals surface area contributed by atoms with Gasteiger partial charge in [0.15, 0.2) is 0 Å². The molecule has 0 bridgehead atoms. The molecule has 1 saturated carbocycles. The summed E-state index contributed by atoms with van der Waals surface area (Å²) in [6, 6.07) is 5.54. The maximum absolute atomic E-state index is 12.7. The number of carbonyl (C=O) groups is 1. The first-order chi connectivity index (χ1) is 14.8. The van der Waals surface area contributed by atoms with E-state index in [-0.39, 0.29) is 42.0 Å². The molecule has 0 heterocycles. The first-order valence-electron chi connectivity index (χ1n) is 10.7. The lowest BCUT2D eigenvalue weighted by Gasteiger charge is -2.19. The second-order valence-electron chi connectivity index (χ2n) is 8.05. The van der Waals surface area contributed by atoms with E-state index in [1.165, 1.54) is 30.3 Å². The molecular formula is C24H32F2O5. The number of aliphatic hydroxyl groups excluding tert-OH is 3. The largest absolute Gasteiger partial charge is 0.491 e. The highest BCUT2D eigenvalue weighted by molar-refractivity contribution is 5.75. The smallest absolute Gasteiger partial charge is 0.263 e. The Kier molecular flexibility index (Phi) is 10.3. The monoisotopic (exact) mass is 438 g/mol. The highest BCUT2D eigenvalue weighted by Gasteiger charge is 2.39. The molecule has 7 heteroatoms. The van der Waals surface area contributed by atoms with Gasteiger partial charge < -0.3 is 24.9 Å². The number of benzene rings is 1. The summed E-state index contributed by atoms with van der Waals surface area (Å²) >= 11 is 0. The zero-order chi connectivity index (χ0) is 22.8. The molecule has 1 aliphatic rings. The molecule has 1 fully saturated rings. The summed E-state index contributed by atoms with van der Waals surface area (Å²) in [4.78, 5) is 11.0. The summed E-state index contributed by atoms with van der Waals surface area (Å²) in [5.74, 6) is -0.0774. The number of carbonyl (C=O) groups excluding carboxylic acids is 1. The van der Waals surface area contributed by atoms with Gasteiger partial charge in [-0.25, -0.2) is 8.78 Å². The minimum absolute atomic E-state index is 0.116. The molecular weight excluding hydrogens is 406 g/mol. The van der Waals surface area contributed by atoms with E-state index in [0.29, 0.717) is 12.8 Å². The fourth-order valence-corrected chi connectivity index (χ4v) is 3.78. The number of hydrogen-bond acceptors (Lipinski definition) is 5. The van der Waals surface area contributed by atoms with Gasteiger partial charge in [-0.15, -0.1) is 0 Å². The van der Waals surface area contributed by atoms with Crippen LogP contribution in [0.3, 0.4) is 0 Å². The van der Waals surface area contributed by atoms with Crippen LogP contribution in [-0.4, -0.2) is 46.0 Å². The lowest BCUT2D eigenvalue weighted by molar-refractivity contribution is -0.117. The summed E-state index contributed by atoms with van der Waals surface area (Å²) in [6.45, 7) is 1.45. The third-order valence-electron chi connectivity index (χ3n) is 5.48. The normalized spacial score (nSPS) is 25.0. The number of aliphatic hydroxyl groups is 3. The van der Waals surface area contributed by atoms with Crippen molar-refractivity contribution >= 4 is 5.78 Å². The van der Waals surface area contributed by atoms with E-state index in [4.69, 9.17) is 4.74 Å². The number of unbranched alkanes of at least 4 members (excludes halogenated alkanes) is 1. The number of Topliss-reactive ketones (excluding diaryl/α,β-unsaturated/α-hetero) is 1. The molecule has 2 rings (SSSR count). The number of rotatable bonds is 12. The molecule has 0 spiro atoms. The molecule has 0 aliphatic heterocycles. The highest BCUT2D eigenvalue weighted by Crippen LogP contribution is 2.36.